The van der Waals surface area contributed by atoms with Gasteiger partial charge in [0.2, 0.25) is 10.0 Å². The molecule has 0 aliphatic carbocycles. The van der Waals surface area contributed by atoms with Gasteiger partial charge in [-0.15, -0.1) is 0 Å². The monoisotopic (exact) mass is 427 g/mol. The fourth-order valence-corrected chi connectivity index (χ4v) is 7.01. The van der Waals surface area contributed by atoms with Crippen molar-refractivity contribution < 1.29 is 8.42 Å². The normalized spacial score (nSPS) is 21.0. The van der Waals surface area contributed by atoms with Gasteiger partial charge in [0.1, 0.15) is 0 Å². The molecule has 0 aromatic heterocycles. The quantitative estimate of drug-likeness (QED) is 0.729. The van der Waals surface area contributed by atoms with Gasteiger partial charge >= 0.3 is 0 Å². The zero-order chi connectivity index (χ0) is 21.5. The van der Waals surface area contributed by atoms with Crippen molar-refractivity contribution in [2.24, 2.45) is 0 Å². The molecular weight excluding hydrogens is 394 g/mol. The first-order valence-electron chi connectivity index (χ1n) is 10.9. The van der Waals surface area contributed by atoms with Crippen molar-refractivity contribution in [3.05, 3.63) is 59.2 Å². The highest BCUT2D eigenvalue weighted by Gasteiger charge is 2.47. The van der Waals surface area contributed by atoms with Crippen molar-refractivity contribution in [2.45, 2.75) is 44.6 Å². The number of anilines is 1. The van der Waals surface area contributed by atoms with E-state index in [0.29, 0.717) is 11.4 Å². The van der Waals surface area contributed by atoms with Crippen molar-refractivity contribution >= 4 is 15.7 Å². The number of fused-ring (bicyclic) bond motifs is 1. The second-order valence-corrected chi connectivity index (χ2v) is 10.9. The van der Waals surface area contributed by atoms with E-state index in [1.54, 1.807) is 10.4 Å². The molecule has 2 aliphatic rings. The molecule has 4 rings (SSSR count). The second-order valence-electron chi connectivity index (χ2n) is 9.10. The van der Waals surface area contributed by atoms with E-state index in [0.717, 1.165) is 44.7 Å². The first-order chi connectivity index (χ1) is 14.2. The van der Waals surface area contributed by atoms with Crippen molar-refractivity contribution in [3.8, 4) is 0 Å². The fourth-order valence-electron chi connectivity index (χ4n) is 4.86. The Labute approximate surface area is 181 Å². The summed E-state index contributed by atoms with van der Waals surface area (Å²) in [6.45, 7) is 13.9. The maximum Gasteiger partial charge on any atom is 0.244 e. The van der Waals surface area contributed by atoms with Crippen LogP contribution in [0.25, 0.3) is 0 Å². The molecule has 0 bridgehead atoms. The van der Waals surface area contributed by atoms with E-state index in [4.69, 9.17) is 0 Å². The maximum absolute atomic E-state index is 13.0. The molecule has 2 aromatic rings. The summed E-state index contributed by atoms with van der Waals surface area (Å²) >= 11 is 0. The van der Waals surface area contributed by atoms with E-state index in [2.05, 4.69) is 41.8 Å². The summed E-state index contributed by atoms with van der Waals surface area (Å²) in [5.41, 5.74) is 4.39. The van der Waals surface area contributed by atoms with Crippen LogP contribution in [0, 0.1) is 13.8 Å². The summed E-state index contributed by atoms with van der Waals surface area (Å²) in [5, 5.41) is 0. The number of hydrogen-bond donors (Lipinski definition) is 0. The van der Waals surface area contributed by atoms with E-state index in [9.17, 15) is 8.42 Å². The van der Waals surface area contributed by atoms with Gasteiger partial charge in [-0.3, -0.25) is 4.90 Å². The minimum atomic E-state index is -3.40. The molecule has 0 N–H and O–H groups in total. The van der Waals surface area contributed by atoms with Gasteiger partial charge in [-0.05, 0) is 69.5 Å². The van der Waals surface area contributed by atoms with Gasteiger partial charge < -0.3 is 4.90 Å². The summed E-state index contributed by atoms with van der Waals surface area (Å²) < 4.78 is 27.8. The smallest absolute Gasteiger partial charge is 0.244 e. The molecule has 0 amide bonds. The van der Waals surface area contributed by atoms with Gasteiger partial charge in [0.05, 0.1) is 10.4 Å². The first-order valence-corrected chi connectivity index (χ1v) is 12.3. The van der Waals surface area contributed by atoms with Crippen molar-refractivity contribution in [3.63, 3.8) is 0 Å². The number of benzene rings is 2. The molecule has 6 heteroatoms. The lowest BCUT2D eigenvalue weighted by atomic mass is 9.94. The average molecular weight is 428 g/mol. The van der Waals surface area contributed by atoms with Crippen LogP contribution in [0.3, 0.4) is 0 Å². The van der Waals surface area contributed by atoms with Crippen molar-refractivity contribution in [1.29, 1.82) is 0 Å². The Hall–Kier alpha value is -1.89. The van der Waals surface area contributed by atoms with E-state index < -0.39 is 15.6 Å². The van der Waals surface area contributed by atoms with Crippen LogP contribution in [0.1, 0.15) is 37.0 Å². The molecule has 0 saturated carbocycles. The molecular formula is C24H33N3O2S. The third-order valence-electron chi connectivity index (χ3n) is 6.65. The lowest BCUT2D eigenvalue weighted by Gasteiger charge is -2.37. The summed E-state index contributed by atoms with van der Waals surface area (Å²) in [5.74, 6) is 0. The van der Waals surface area contributed by atoms with Gasteiger partial charge in [0, 0.05) is 38.4 Å². The summed E-state index contributed by atoms with van der Waals surface area (Å²) in [4.78, 5) is 5.41. The topological polar surface area (TPSA) is 43.9 Å². The lowest BCUT2D eigenvalue weighted by molar-refractivity contribution is 0.210. The zero-order valence-electron chi connectivity index (χ0n) is 18.6. The van der Waals surface area contributed by atoms with Gasteiger partial charge in [-0.25, -0.2) is 8.42 Å². The molecule has 0 radical (unpaired) electrons. The van der Waals surface area contributed by atoms with Crippen LogP contribution in [0.2, 0.25) is 0 Å². The molecule has 2 aromatic carbocycles. The van der Waals surface area contributed by atoms with Gasteiger partial charge in [0.25, 0.3) is 0 Å². The van der Waals surface area contributed by atoms with Gasteiger partial charge in [-0.2, -0.15) is 4.31 Å². The minimum absolute atomic E-state index is 0.470. The lowest BCUT2D eigenvalue weighted by Crippen LogP contribution is -2.47. The first kappa shape index (κ1) is 21.3. The second kappa shape index (κ2) is 7.98. The van der Waals surface area contributed by atoms with Crippen LogP contribution in [0.5, 0.6) is 0 Å². The van der Waals surface area contributed by atoms with Crippen molar-refractivity contribution in [2.75, 3.05) is 44.2 Å². The Balaban J connectivity index is 1.33. The van der Waals surface area contributed by atoms with Crippen LogP contribution in [-0.4, -0.2) is 56.9 Å². The molecule has 0 spiro atoms. The highest BCUT2D eigenvalue weighted by atomic mass is 32.2. The Kier molecular flexibility index (Phi) is 5.68. The average Bonchev–Trinajstić information content (AvgIpc) is 2.88. The van der Waals surface area contributed by atoms with Gasteiger partial charge in [-0.1, -0.05) is 30.3 Å². The number of nitrogens with zero attached hydrogens (tertiary/aromatic N) is 3. The highest BCUT2D eigenvalue weighted by molar-refractivity contribution is 7.89. The predicted octanol–water partition coefficient (Wildman–Crippen LogP) is 3.76. The largest absolute Gasteiger partial charge is 0.369 e. The van der Waals surface area contributed by atoms with Crippen LogP contribution in [0.15, 0.2) is 47.4 Å². The summed E-state index contributed by atoms with van der Waals surface area (Å²) in [6.07, 6.45) is 0.847. The molecule has 30 heavy (non-hydrogen) atoms. The molecule has 1 fully saturated rings. The van der Waals surface area contributed by atoms with E-state index in [1.807, 2.05) is 32.0 Å². The Morgan fingerprint density at radius 1 is 0.933 bits per heavy atom. The number of rotatable bonds is 5. The highest BCUT2D eigenvalue weighted by Crippen LogP contribution is 2.43. The fraction of sp³-hybridized carbons (Fsp3) is 0.500. The van der Waals surface area contributed by atoms with Gasteiger partial charge in [0.15, 0.2) is 0 Å². The van der Waals surface area contributed by atoms with Crippen LogP contribution in [-0.2, 0) is 15.6 Å². The SMILES string of the molecule is Cc1ccc(C)c(N2CCN(CCCN3C(C)(C)c4ccccc4S3(=O)=O)CC2)c1. The third kappa shape index (κ3) is 3.77. The van der Waals surface area contributed by atoms with Crippen LogP contribution in [0.4, 0.5) is 5.69 Å². The molecule has 0 unspecified atom stereocenters. The minimum Gasteiger partial charge on any atom is -0.369 e. The molecule has 162 valence electrons. The molecule has 1 saturated heterocycles. The number of aryl methyl sites for hydroxylation is 2. The summed E-state index contributed by atoms with van der Waals surface area (Å²) in [7, 11) is -3.40. The van der Waals surface area contributed by atoms with Crippen molar-refractivity contribution in [1.82, 2.24) is 9.21 Å². The number of piperazine rings is 1. The Bertz CT molecular complexity index is 1020. The molecule has 5 nitrogen and oxygen atoms in total. The molecule has 2 aliphatic heterocycles. The zero-order valence-corrected chi connectivity index (χ0v) is 19.4. The predicted molar refractivity (Wildman–Crippen MR) is 123 cm³/mol. The van der Waals surface area contributed by atoms with Crippen LogP contribution >= 0.6 is 0 Å². The maximum atomic E-state index is 13.0. The number of sulfonamides is 1. The Morgan fingerprint density at radius 3 is 2.33 bits per heavy atom. The van der Waals surface area contributed by atoms with Crippen LogP contribution < -0.4 is 4.90 Å². The standard InChI is InChI=1S/C24H33N3O2S/c1-19-10-11-20(2)22(18-19)26-16-14-25(15-17-26)12-7-13-27-24(3,4)21-8-5-6-9-23(21)30(27,28)29/h5-6,8-11,18H,7,12-17H2,1-4H3. The van der Waals surface area contributed by atoms with E-state index >= 15 is 0 Å². The molecule has 0 atom stereocenters. The molecule has 2 heterocycles. The third-order valence-corrected chi connectivity index (χ3v) is 8.78. The van der Waals surface area contributed by atoms with E-state index in [1.165, 1.54) is 16.8 Å². The Morgan fingerprint density at radius 2 is 1.63 bits per heavy atom. The summed E-state index contributed by atoms with van der Waals surface area (Å²) in [6, 6.07) is 14.1. The van der Waals surface area contributed by atoms with E-state index in [-0.39, 0.29) is 0 Å². The number of hydrogen-bond acceptors (Lipinski definition) is 4.